The molecule has 1 saturated carbocycles. The second-order valence-electron chi connectivity index (χ2n) is 5.80. The molecule has 2 aromatic heterocycles. The summed E-state index contributed by atoms with van der Waals surface area (Å²) in [5.41, 5.74) is 6.66. The molecule has 0 unspecified atom stereocenters. The summed E-state index contributed by atoms with van der Waals surface area (Å²) >= 11 is 1.38. The summed E-state index contributed by atoms with van der Waals surface area (Å²) in [7, 11) is 0. The Labute approximate surface area is 128 Å². The lowest BCUT2D eigenvalue weighted by Crippen LogP contribution is -2.37. The van der Waals surface area contributed by atoms with Crippen LogP contribution in [0.2, 0.25) is 0 Å². The molecule has 1 amide bonds. The van der Waals surface area contributed by atoms with Crippen molar-refractivity contribution in [3.63, 3.8) is 0 Å². The van der Waals surface area contributed by atoms with Gasteiger partial charge in [-0.1, -0.05) is 13.3 Å². The Morgan fingerprint density at radius 1 is 1.43 bits per heavy atom. The smallest absolute Gasteiger partial charge is 0.263 e. The van der Waals surface area contributed by atoms with E-state index in [1.165, 1.54) is 30.6 Å². The lowest BCUT2D eigenvalue weighted by molar-refractivity contribution is 0.0926. The zero-order chi connectivity index (χ0) is 14.8. The highest BCUT2D eigenvalue weighted by atomic mass is 32.1. The van der Waals surface area contributed by atoms with E-state index in [1.54, 1.807) is 6.20 Å². The molecule has 3 rings (SSSR count). The van der Waals surface area contributed by atoms with Gasteiger partial charge in [0.15, 0.2) is 0 Å². The van der Waals surface area contributed by atoms with Gasteiger partial charge in [-0.05, 0) is 43.7 Å². The van der Waals surface area contributed by atoms with Gasteiger partial charge in [0.05, 0.1) is 5.69 Å². The molecule has 0 aromatic carbocycles. The third-order valence-electron chi connectivity index (χ3n) is 4.47. The Bertz CT molecular complexity index is 644. The zero-order valence-corrected chi connectivity index (χ0v) is 13.1. The first-order chi connectivity index (χ1) is 10.2. The largest absolute Gasteiger partial charge is 0.397 e. The van der Waals surface area contributed by atoms with Gasteiger partial charge in [0.25, 0.3) is 5.91 Å². The molecule has 0 spiro atoms. The van der Waals surface area contributed by atoms with Crippen LogP contribution in [-0.2, 0) is 0 Å². The number of nitrogens with zero attached hydrogens (tertiary/aromatic N) is 1. The number of aromatic nitrogens is 1. The predicted molar refractivity (Wildman–Crippen MR) is 87.5 cm³/mol. The van der Waals surface area contributed by atoms with E-state index < -0.39 is 0 Å². The van der Waals surface area contributed by atoms with Crippen molar-refractivity contribution in [3.05, 3.63) is 23.2 Å². The fourth-order valence-electron chi connectivity index (χ4n) is 3.09. The van der Waals surface area contributed by atoms with Crippen molar-refractivity contribution in [1.82, 2.24) is 10.3 Å². The lowest BCUT2D eigenvalue weighted by Gasteiger charge is -2.28. The van der Waals surface area contributed by atoms with Crippen molar-refractivity contribution < 1.29 is 4.79 Å². The van der Waals surface area contributed by atoms with Crippen LogP contribution >= 0.6 is 11.3 Å². The van der Waals surface area contributed by atoms with Gasteiger partial charge in [-0.15, -0.1) is 11.3 Å². The third kappa shape index (κ3) is 2.88. The minimum absolute atomic E-state index is 0.0459. The molecular formula is C16H21N3OS. The number of pyridine rings is 1. The number of carbonyl (C=O) groups is 1. The highest BCUT2D eigenvalue weighted by Gasteiger charge is 2.24. The van der Waals surface area contributed by atoms with E-state index in [0.717, 1.165) is 29.0 Å². The number of nitrogens with two attached hydrogens (primary N) is 1. The number of anilines is 1. The standard InChI is InChI=1S/C16H21N3OS/c1-2-10-5-7-11(8-6-10)19-15(20)14-13(17)12-4-3-9-18-16(12)21-14/h3-4,9-11H,2,5-8,17H2,1H3,(H,19,20). The summed E-state index contributed by atoms with van der Waals surface area (Å²) in [6, 6.07) is 4.05. The average Bonchev–Trinajstić information content (AvgIpc) is 2.86. The first-order valence-electron chi connectivity index (χ1n) is 7.63. The topological polar surface area (TPSA) is 68.0 Å². The number of hydrogen-bond acceptors (Lipinski definition) is 4. The van der Waals surface area contributed by atoms with Crippen molar-refractivity contribution in [1.29, 1.82) is 0 Å². The van der Waals surface area contributed by atoms with Gasteiger partial charge in [0.1, 0.15) is 9.71 Å². The first-order valence-corrected chi connectivity index (χ1v) is 8.44. The maximum Gasteiger partial charge on any atom is 0.263 e. The van der Waals surface area contributed by atoms with Gasteiger partial charge in [-0.2, -0.15) is 0 Å². The van der Waals surface area contributed by atoms with Crippen LogP contribution in [-0.4, -0.2) is 16.9 Å². The molecule has 4 nitrogen and oxygen atoms in total. The van der Waals surface area contributed by atoms with Crippen LogP contribution in [0.15, 0.2) is 18.3 Å². The lowest BCUT2D eigenvalue weighted by atomic mass is 9.84. The molecule has 21 heavy (non-hydrogen) atoms. The molecule has 5 heteroatoms. The number of carbonyl (C=O) groups excluding carboxylic acids is 1. The highest BCUT2D eigenvalue weighted by Crippen LogP contribution is 2.32. The monoisotopic (exact) mass is 303 g/mol. The van der Waals surface area contributed by atoms with Crippen molar-refractivity contribution >= 4 is 33.1 Å². The fraction of sp³-hybridized carbons (Fsp3) is 0.500. The summed E-state index contributed by atoms with van der Waals surface area (Å²) < 4.78 is 0. The Kier molecular flexibility index (Phi) is 4.10. The van der Waals surface area contributed by atoms with Crippen molar-refractivity contribution in [3.8, 4) is 0 Å². The van der Waals surface area contributed by atoms with Crippen LogP contribution in [0.5, 0.6) is 0 Å². The number of nitrogen functional groups attached to an aromatic ring is 1. The van der Waals surface area contributed by atoms with Gasteiger partial charge >= 0.3 is 0 Å². The number of fused-ring (bicyclic) bond motifs is 1. The van der Waals surface area contributed by atoms with Crippen LogP contribution in [0, 0.1) is 5.92 Å². The number of hydrogen-bond donors (Lipinski definition) is 2. The molecule has 1 aliphatic carbocycles. The molecule has 0 aliphatic heterocycles. The van der Waals surface area contributed by atoms with Crippen LogP contribution in [0.4, 0.5) is 5.69 Å². The highest BCUT2D eigenvalue weighted by molar-refractivity contribution is 7.21. The maximum absolute atomic E-state index is 12.4. The molecule has 112 valence electrons. The number of thiophene rings is 1. The fourth-order valence-corrected chi connectivity index (χ4v) is 4.05. The second-order valence-corrected chi connectivity index (χ2v) is 6.80. The molecule has 2 heterocycles. The molecule has 0 bridgehead atoms. The summed E-state index contributed by atoms with van der Waals surface area (Å²) in [4.78, 5) is 18.1. The predicted octanol–water partition coefficient (Wildman–Crippen LogP) is 3.58. The average molecular weight is 303 g/mol. The van der Waals surface area contributed by atoms with E-state index in [-0.39, 0.29) is 11.9 Å². The number of amides is 1. The normalized spacial score (nSPS) is 22.3. The Hall–Kier alpha value is -1.62. The summed E-state index contributed by atoms with van der Waals surface area (Å²) in [5, 5.41) is 4.02. The van der Waals surface area contributed by atoms with E-state index in [0.29, 0.717) is 10.6 Å². The van der Waals surface area contributed by atoms with E-state index in [4.69, 9.17) is 5.73 Å². The van der Waals surface area contributed by atoms with Crippen molar-refractivity contribution in [2.24, 2.45) is 5.92 Å². The van der Waals surface area contributed by atoms with E-state index >= 15 is 0 Å². The second kappa shape index (κ2) is 6.02. The number of rotatable bonds is 3. The van der Waals surface area contributed by atoms with Crippen molar-refractivity contribution in [2.75, 3.05) is 5.73 Å². The minimum Gasteiger partial charge on any atom is -0.397 e. The quantitative estimate of drug-likeness (QED) is 0.910. The first kappa shape index (κ1) is 14.3. The molecule has 1 fully saturated rings. The molecule has 0 radical (unpaired) electrons. The maximum atomic E-state index is 12.4. The molecule has 3 N–H and O–H groups in total. The summed E-state index contributed by atoms with van der Waals surface area (Å²) in [5.74, 6) is 0.784. The van der Waals surface area contributed by atoms with Crippen molar-refractivity contribution in [2.45, 2.75) is 45.1 Å². The Balaban J connectivity index is 1.71. The van der Waals surface area contributed by atoms with Crippen LogP contribution in [0.25, 0.3) is 10.2 Å². The number of nitrogens with one attached hydrogen (secondary N) is 1. The van der Waals surface area contributed by atoms with E-state index in [1.807, 2.05) is 12.1 Å². The van der Waals surface area contributed by atoms with Crippen LogP contribution in [0.1, 0.15) is 48.7 Å². The van der Waals surface area contributed by atoms with Gasteiger partial charge in [-0.3, -0.25) is 4.79 Å². The third-order valence-corrected chi connectivity index (χ3v) is 5.60. The van der Waals surface area contributed by atoms with Gasteiger partial charge in [0, 0.05) is 17.6 Å². The van der Waals surface area contributed by atoms with Gasteiger partial charge < -0.3 is 11.1 Å². The van der Waals surface area contributed by atoms with Crippen LogP contribution < -0.4 is 11.1 Å². The minimum atomic E-state index is -0.0459. The molecule has 0 saturated heterocycles. The van der Waals surface area contributed by atoms with Gasteiger partial charge in [0.2, 0.25) is 0 Å². The Morgan fingerprint density at radius 3 is 2.86 bits per heavy atom. The molecule has 1 aliphatic rings. The SMILES string of the molecule is CCC1CCC(NC(=O)c2sc3ncccc3c2N)CC1. The summed E-state index contributed by atoms with van der Waals surface area (Å²) in [6.07, 6.45) is 7.55. The van der Waals surface area contributed by atoms with E-state index in [2.05, 4.69) is 17.2 Å². The molecule has 2 aromatic rings. The van der Waals surface area contributed by atoms with Gasteiger partial charge in [-0.25, -0.2) is 4.98 Å². The van der Waals surface area contributed by atoms with E-state index in [9.17, 15) is 4.79 Å². The molecule has 0 atom stereocenters. The molecular weight excluding hydrogens is 282 g/mol. The van der Waals surface area contributed by atoms with Crippen LogP contribution in [0.3, 0.4) is 0 Å². The Morgan fingerprint density at radius 2 is 2.19 bits per heavy atom. The summed E-state index contributed by atoms with van der Waals surface area (Å²) in [6.45, 7) is 2.24. The zero-order valence-electron chi connectivity index (χ0n) is 12.3.